The molecule has 8 rings (SSSR count). The van der Waals surface area contributed by atoms with Gasteiger partial charge in [-0.25, -0.2) is 15.5 Å². The molecule has 0 saturated heterocycles. The number of aldehydes is 2. The highest BCUT2D eigenvalue weighted by atomic mass is 127. The van der Waals surface area contributed by atoms with E-state index in [1.165, 1.54) is 34.0 Å². The number of carboxylic acids is 2. The van der Waals surface area contributed by atoms with E-state index in [0.717, 1.165) is 48.8 Å². The smallest absolute Gasteiger partial charge is 0.344 e. The molecule has 16 nitrogen and oxygen atoms in total. The molecule has 0 atom stereocenters. The fourth-order valence-electron chi connectivity index (χ4n) is 5.39. The summed E-state index contributed by atoms with van der Waals surface area (Å²) in [6, 6.07) is 78.2. The molecule has 0 fully saturated rings. The standard InChI is InChI=1S/C9H9NO3.4C8H10O.C7H7Br.2C7H6O.C2H5NO3.2CH4O.HI/c11-9(12)7-13-10-6-8-4-2-1-3-5-8;4*1-9-7-8-5-3-2-4-6-8;3*8-6-7-4-2-1-3-5-7;3-6-1-2(4)5;2*1-2;/h1-6H,7H2,(H,11,12);4*2-6H,7H2,1H3;1-5H,6H2;2*1-6H;1,3H2,(H,4,5);2*2H,1H3;1H/b10-6+;;;;;;;;;;;. The van der Waals surface area contributed by atoms with Crippen LogP contribution in [-0.2, 0) is 70.0 Å². The van der Waals surface area contributed by atoms with E-state index in [2.05, 4.69) is 48.8 Å². The molecule has 8 aromatic rings. The van der Waals surface area contributed by atoms with Gasteiger partial charge in [-0.05, 0) is 33.4 Å². The molecular formula is C66H82BrIN2O14. The topological polar surface area (TPSA) is 243 Å². The van der Waals surface area contributed by atoms with E-state index in [-0.39, 0.29) is 24.0 Å². The van der Waals surface area contributed by atoms with E-state index < -0.39 is 25.2 Å². The number of ether oxygens (including phenoxy) is 4. The van der Waals surface area contributed by atoms with Crippen LogP contribution in [0.15, 0.2) is 248 Å². The molecule has 0 bridgehead atoms. The van der Waals surface area contributed by atoms with Gasteiger partial charge in [0.1, 0.15) is 12.6 Å². The van der Waals surface area contributed by atoms with E-state index in [1.807, 2.05) is 206 Å². The monoisotopic (exact) mass is 1330 g/mol. The number of carboxylic acid groups (broad SMARTS) is 2. The first-order valence-corrected chi connectivity index (χ1v) is 26.3. The normalized spacial score (nSPS) is 8.83. The van der Waals surface area contributed by atoms with Crippen LogP contribution in [0.4, 0.5) is 0 Å². The summed E-state index contributed by atoms with van der Waals surface area (Å²) in [5.41, 5.74) is 8.54. The number of carbonyl (C=O) groups is 4. The molecule has 6 N–H and O–H groups in total. The van der Waals surface area contributed by atoms with Gasteiger partial charge in [0.25, 0.3) is 0 Å². The van der Waals surface area contributed by atoms with Crippen molar-refractivity contribution in [2.75, 3.05) is 55.9 Å². The maximum atomic E-state index is 10.0. The number of aliphatic hydroxyl groups excluding tert-OH is 2. The van der Waals surface area contributed by atoms with Crippen LogP contribution in [0.1, 0.15) is 54.1 Å². The maximum Gasteiger partial charge on any atom is 0.344 e. The van der Waals surface area contributed by atoms with E-state index in [0.29, 0.717) is 26.4 Å². The van der Waals surface area contributed by atoms with Crippen LogP contribution in [0.2, 0.25) is 0 Å². The van der Waals surface area contributed by atoms with E-state index >= 15 is 0 Å². The molecule has 0 aromatic heterocycles. The number of halogens is 2. The maximum absolute atomic E-state index is 10.0. The lowest BCUT2D eigenvalue weighted by Gasteiger charge is -1.95. The average Bonchev–Trinajstić information content (AvgIpc) is 3.55. The van der Waals surface area contributed by atoms with Crippen molar-refractivity contribution in [3.63, 3.8) is 0 Å². The summed E-state index contributed by atoms with van der Waals surface area (Å²) >= 11 is 3.36. The zero-order valence-electron chi connectivity index (χ0n) is 48.5. The van der Waals surface area contributed by atoms with Crippen molar-refractivity contribution in [1.82, 2.24) is 0 Å². The Morgan fingerprint density at radius 3 is 0.798 bits per heavy atom. The fourth-order valence-corrected chi connectivity index (χ4v) is 5.77. The number of aliphatic hydroxyl groups is 2. The molecular weight excluding hydrogens is 1250 g/mol. The first-order valence-electron chi connectivity index (χ1n) is 25.2. The van der Waals surface area contributed by atoms with Crippen LogP contribution in [0.25, 0.3) is 0 Å². The number of nitrogens with two attached hydrogens (primary N) is 1. The molecule has 8 aromatic carbocycles. The van der Waals surface area contributed by atoms with Crippen LogP contribution in [0, 0.1) is 0 Å². The summed E-state index contributed by atoms with van der Waals surface area (Å²) in [5.74, 6) is 2.25. The van der Waals surface area contributed by atoms with Gasteiger partial charge in [-0.2, -0.15) is 0 Å². The summed E-state index contributed by atoms with van der Waals surface area (Å²) in [4.78, 5) is 47.6. The van der Waals surface area contributed by atoms with Gasteiger partial charge in [-0.15, -0.1) is 24.0 Å². The van der Waals surface area contributed by atoms with Crippen molar-refractivity contribution in [3.8, 4) is 0 Å². The van der Waals surface area contributed by atoms with Gasteiger partial charge < -0.3 is 44.2 Å². The van der Waals surface area contributed by atoms with Gasteiger partial charge in [0, 0.05) is 59.1 Å². The lowest BCUT2D eigenvalue weighted by Crippen LogP contribution is -2.10. The molecule has 18 heteroatoms. The van der Waals surface area contributed by atoms with E-state index in [4.69, 9.17) is 39.4 Å². The third-order valence-electron chi connectivity index (χ3n) is 8.95. The molecule has 0 spiro atoms. The van der Waals surface area contributed by atoms with Gasteiger partial charge in [-0.1, -0.05) is 264 Å². The van der Waals surface area contributed by atoms with Crippen molar-refractivity contribution in [2.45, 2.75) is 31.8 Å². The van der Waals surface area contributed by atoms with Crippen LogP contribution in [-0.4, -0.2) is 107 Å². The molecule has 454 valence electrons. The van der Waals surface area contributed by atoms with Crippen LogP contribution in [0.3, 0.4) is 0 Å². The SMILES string of the molecule is BrCc1ccccc1.CO.CO.COCc1ccccc1.COCc1ccccc1.COCc1ccccc1.COCc1ccccc1.I.NOCC(=O)O.O=C(O)CO/N=C/c1ccccc1.O=Cc1ccccc1.O=Cc1ccccc1. The highest BCUT2D eigenvalue weighted by molar-refractivity contribution is 14.0. The average molecular weight is 1330 g/mol. The number of aliphatic carboxylic acids is 2. The van der Waals surface area contributed by atoms with Gasteiger partial charge in [0.05, 0.1) is 32.6 Å². The summed E-state index contributed by atoms with van der Waals surface area (Å²) in [7, 11) is 8.81. The number of carbonyl (C=O) groups excluding carboxylic acids is 2. The number of hydrogen-bond donors (Lipinski definition) is 5. The Bertz CT molecular complexity index is 2430. The minimum atomic E-state index is -1.06. The highest BCUT2D eigenvalue weighted by Crippen LogP contribution is 2.04. The highest BCUT2D eigenvalue weighted by Gasteiger charge is 1.93. The molecule has 0 aliphatic carbocycles. The number of nitrogens with zero attached hydrogens (tertiary/aromatic N) is 1. The van der Waals surface area contributed by atoms with Crippen LogP contribution < -0.4 is 5.90 Å². The second-order valence-electron chi connectivity index (χ2n) is 15.4. The van der Waals surface area contributed by atoms with Crippen LogP contribution in [0.5, 0.6) is 0 Å². The predicted molar refractivity (Wildman–Crippen MR) is 348 cm³/mol. The van der Waals surface area contributed by atoms with Gasteiger partial charge >= 0.3 is 11.9 Å². The molecule has 84 heavy (non-hydrogen) atoms. The Hall–Kier alpha value is -7.60. The second kappa shape index (κ2) is 66.2. The van der Waals surface area contributed by atoms with Crippen molar-refractivity contribution < 1.29 is 68.2 Å². The number of hydrogen-bond acceptors (Lipinski definition) is 14. The lowest BCUT2D eigenvalue weighted by atomic mass is 10.2. The van der Waals surface area contributed by atoms with E-state index in [9.17, 15) is 19.2 Å². The molecule has 0 radical (unpaired) electrons. The number of alkyl halides is 1. The van der Waals surface area contributed by atoms with Crippen molar-refractivity contribution in [2.24, 2.45) is 11.1 Å². The number of benzene rings is 8. The molecule has 0 saturated carbocycles. The minimum Gasteiger partial charge on any atom is -0.479 e. The molecule has 0 unspecified atom stereocenters. The van der Waals surface area contributed by atoms with E-state index in [1.54, 1.807) is 52.7 Å². The first-order chi connectivity index (χ1) is 40.6. The van der Waals surface area contributed by atoms with Crippen molar-refractivity contribution in [1.29, 1.82) is 0 Å². The third-order valence-corrected chi connectivity index (χ3v) is 9.60. The number of methoxy groups -OCH3 is 4. The largest absolute Gasteiger partial charge is 0.479 e. The quantitative estimate of drug-likeness (QED) is 0.0187. The summed E-state index contributed by atoms with van der Waals surface area (Å²) in [6.45, 7) is 1.99. The van der Waals surface area contributed by atoms with Gasteiger partial charge in [-0.3, -0.25) is 14.4 Å². The Balaban J connectivity index is -0.000000427. The third kappa shape index (κ3) is 56.3. The molecule has 0 amide bonds. The van der Waals surface area contributed by atoms with Crippen molar-refractivity contribution in [3.05, 3.63) is 287 Å². The number of rotatable bonds is 17. The van der Waals surface area contributed by atoms with Gasteiger partial charge in [0.15, 0.2) is 6.61 Å². The minimum absolute atomic E-state index is 0. The predicted octanol–water partition coefficient (Wildman–Crippen LogP) is 12.8. The summed E-state index contributed by atoms with van der Waals surface area (Å²) < 4.78 is 19.7. The molecule has 0 heterocycles. The lowest BCUT2D eigenvalue weighted by molar-refractivity contribution is -0.143. The number of oxime groups is 1. The Morgan fingerprint density at radius 2 is 0.631 bits per heavy atom. The first kappa shape index (κ1) is 82.9. The van der Waals surface area contributed by atoms with Crippen LogP contribution >= 0.6 is 39.9 Å². The fraction of sp³-hybridized carbons (Fsp3) is 0.197. The molecule has 0 aliphatic heterocycles. The van der Waals surface area contributed by atoms with Gasteiger partial charge in [0.2, 0.25) is 6.61 Å². The second-order valence-corrected chi connectivity index (χ2v) is 15.9. The summed E-state index contributed by atoms with van der Waals surface area (Å²) in [6.07, 6.45) is 3.13. The van der Waals surface area contributed by atoms with Crippen molar-refractivity contribution >= 4 is 70.6 Å². The Kier molecular flexibility index (Phi) is 65.3. The summed E-state index contributed by atoms with van der Waals surface area (Å²) in [5, 5.41) is 34.3. The zero-order valence-corrected chi connectivity index (χ0v) is 52.4. The Morgan fingerprint density at radius 1 is 0.405 bits per heavy atom. The molecule has 0 aliphatic rings. The Labute approximate surface area is 521 Å². The zero-order chi connectivity index (χ0) is 62.1.